The minimum absolute atomic E-state index is 0.130. The van der Waals surface area contributed by atoms with Crippen molar-refractivity contribution in [1.29, 1.82) is 0 Å². The van der Waals surface area contributed by atoms with E-state index in [9.17, 15) is 9.90 Å². The standard InChI is InChI=1S/C16H18N2O3/c1-11-3-4-12(9-17-11)7-16(20)18-14-5-6-15(21-2)13(8-14)10-19/h3-6,8-9,19H,7,10H2,1-2H3,(H,18,20). The van der Waals surface area contributed by atoms with Gasteiger partial charge >= 0.3 is 0 Å². The molecule has 2 rings (SSSR count). The summed E-state index contributed by atoms with van der Waals surface area (Å²) in [5.41, 5.74) is 3.04. The molecule has 1 aromatic heterocycles. The summed E-state index contributed by atoms with van der Waals surface area (Å²) in [5.74, 6) is 0.466. The van der Waals surface area contributed by atoms with Gasteiger partial charge in [-0.3, -0.25) is 9.78 Å². The van der Waals surface area contributed by atoms with Gasteiger partial charge in [0.1, 0.15) is 5.75 Å². The SMILES string of the molecule is COc1ccc(NC(=O)Cc2ccc(C)nc2)cc1CO. The first kappa shape index (κ1) is 15.0. The Morgan fingerprint density at radius 2 is 2.14 bits per heavy atom. The lowest BCUT2D eigenvalue weighted by molar-refractivity contribution is -0.115. The van der Waals surface area contributed by atoms with Crippen molar-refractivity contribution in [2.24, 2.45) is 0 Å². The number of benzene rings is 1. The van der Waals surface area contributed by atoms with E-state index in [1.54, 1.807) is 24.4 Å². The number of carbonyl (C=O) groups is 1. The lowest BCUT2D eigenvalue weighted by Crippen LogP contribution is -2.14. The largest absolute Gasteiger partial charge is 0.496 e. The summed E-state index contributed by atoms with van der Waals surface area (Å²) in [6.45, 7) is 1.76. The molecule has 0 saturated heterocycles. The van der Waals surface area contributed by atoms with Crippen molar-refractivity contribution in [2.45, 2.75) is 20.0 Å². The molecule has 0 aliphatic heterocycles. The zero-order chi connectivity index (χ0) is 15.2. The Balaban J connectivity index is 2.04. The highest BCUT2D eigenvalue weighted by Crippen LogP contribution is 2.22. The maximum absolute atomic E-state index is 12.0. The normalized spacial score (nSPS) is 10.2. The van der Waals surface area contributed by atoms with Gasteiger partial charge < -0.3 is 15.2 Å². The molecule has 1 amide bonds. The molecule has 0 aliphatic rings. The highest BCUT2D eigenvalue weighted by molar-refractivity contribution is 5.92. The first-order valence-corrected chi connectivity index (χ1v) is 6.61. The predicted molar refractivity (Wildman–Crippen MR) is 80.2 cm³/mol. The number of methoxy groups -OCH3 is 1. The van der Waals surface area contributed by atoms with E-state index in [4.69, 9.17) is 4.74 Å². The molecule has 0 fully saturated rings. The topological polar surface area (TPSA) is 71.5 Å². The lowest BCUT2D eigenvalue weighted by atomic mass is 10.1. The third kappa shape index (κ3) is 4.03. The fourth-order valence-electron chi connectivity index (χ4n) is 1.97. The first-order valence-electron chi connectivity index (χ1n) is 6.61. The van der Waals surface area contributed by atoms with Crippen LogP contribution in [0.3, 0.4) is 0 Å². The Bertz CT molecular complexity index is 624. The van der Waals surface area contributed by atoms with Gasteiger partial charge in [-0.15, -0.1) is 0 Å². The molecule has 0 radical (unpaired) electrons. The monoisotopic (exact) mass is 286 g/mol. The summed E-state index contributed by atoms with van der Waals surface area (Å²) >= 11 is 0. The number of rotatable bonds is 5. The van der Waals surface area contributed by atoms with Crippen molar-refractivity contribution < 1.29 is 14.6 Å². The molecular weight excluding hydrogens is 268 g/mol. The molecule has 21 heavy (non-hydrogen) atoms. The molecule has 5 nitrogen and oxygen atoms in total. The van der Waals surface area contributed by atoms with E-state index in [0.717, 1.165) is 11.3 Å². The molecular formula is C16H18N2O3. The molecule has 0 aliphatic carbocycles. The molecule has 0 unspecified atom stereocenters. The summed E-state index contributed by atoms with van der Waals surface area (Å²) in [4.78, 5) is 16.1. The van der Waals surface area contributed by atoms with Gasteiger partial charge in [0.25, 0.3) is 0 Å². The summed E-state index contributed by atoms with van der Waals surface area (Å²) in [7, 11) is 1.54. The van der Waals surface area contributed by atoms with Gasteiger partial charge in [-0.2, -0.15) is 0 Å². The summed E-state index contributed by atoms with van der Waals surface area (Å²) in [5, 5.41) is 12.1. The van der Waals surface area contributed by atoms with Crippen LogP contribution < -0.4 is 10.1 Å². The van der Waals surface area contributed by atoms with Crippen molar-refractivity contribution >= 4 is 11.6 Å². The molecule has 110 valence electrons. The quantitative estimate of drug-likeness (QED) is 0.882. The minimum atomic E-state index is -0.144. The lowest BCUT2D eigenvalue weighted by Gasteiger charge is -2.10. The molecule has 0 atom stereocenters. The van der Waals surface area contributed by atoms with Gasteiger partial charge in [0.2, 0.25) is 5.91 Å². The third-order valence-electron chi connectivity index (χ3n) is 3.07. The zero-order valence-corrected chi connectivity index (χ0v) is 12.1. The number of amides is 1. The molecule has 0 bridgehead atoms. The zero-order valence-electron chi connectivity index (χ0n) is 12.1. The second-order valence-electron chi connectivity index (χ2n) is 4.72. The van der Waals surface area contributed by atoms with E-state index < -0.39 is 0 Å². The van der Waals surface area contributed by atoms with Gasteiger partial charge in [0.15, 0.2) is 0 Å². The maximum Gasteiger partial charge on any atom is 0.228 e. The van der Waals surface area contributed by atoms with Crippen LogP contribution in [0.5, 0.6) is 5.75 Å². The van der Waals surface area contributed by atoms with Crippen molar-refractivity contribution in [3.63, 3.8) is 0 Å². The van der Waals surface area contributed by atoms with Crippen LogP contribution >= 0.6 is 0 Å². The Morgan fingerprint density at radius 3 is 2.76 bits per heavy atom. The molecule has 2 N–H and O–H groups in total. The number of nitrogens with zero attached hydrogens (tertiary/aromatic N) is 1. The molecule has 0 spiro atoms. The Kier molecular flexibility index (Phi) is 4.90. The van der Waals surface area contributed by atoms with Crippen LogP contribution in [0, 0.1) is 6.92 Å². The van der Waals surface area contributed by atoms with Crippen LogP contribution in [0.2, 0.25) is 0 Å². The fourth-order valence-corrected chi connectivity index (χ4v) is 1.97. The average molecular weight is 286 g/mol. The second kappa shape index (κ2) is 6.85. The van der Waals surface area contributed by atoms with Crippen LogP contribution in [-0.2, 0) is 17.8 Å². The van der Waals surface area contributed by atoms with E-state index >= 15 is 0 Å². The van der Waals surface area contributed by atoms with Crippen LogP contribution in [0.15, 0.2) is 36.5 Å². The number of aliphatic hydroxyl groups is 1. The highest BCUT2D eigenvalue weighted by atomic mass is 16.5. The van der Waals surface area contributed by atoms with Crippen molar-refractivity contribution in [3.05, 3.63) is 53.3 Å². The predicted octanol–water partition coefficient (Wildman–Crippen LogP) is 2.07. The molecule has 0 saturated carbocycles. The highest BCUT2D eigenvalue weighted by Gasteiger charge is 2.07. The summed E-state index contributed by atoms with van der Waals surface area (Å²) in [6.07, 6.45) is 1.95. The first-order chi connectivity index (χ1) is 10.1. The van der Waals surface area contributed by atoms with Crippen molar-refractivity contribution in [3.8, 4) is 5.75 Å². The molecule has 2 aromatic rings. The number of carbonyl (C=O) groups excluding carboxylic acids is 1. The number of pyridine rings is 1. The van der Waals surface area contributed by atoms with Crippen LogP contribution in [0.1, 0.15) is 16.8 Å². The number of aromatic nitrogens is 1. The van der Waals surface area contributed by atoms with E-state index in [1.165, 1.54) is 7.11 Å². The van der Waals surface area contributed by atoms with Crippen LogP contribution in [0.25, 0.3) is 0 Å². The Hall–Kier alpha value is -2.40. The van der Waals surface area contributed by atoms with Gasteiger partial charge in [-0.05, 0) is 36.8 Å². The van der Waals surface area contributed by atoms with E-state index in [1.807, 2.05) is 19.1 Å². The number of aryl methyl sites for hydroxylation is 1. The van der Waals surface area contributed by atoms with Crippen molar-refractivity contribution in [1.82, 2.24) is 4.98 Å². The smallest absolute Gasteiger partial charge is 0.228 e. The van der Waals surface area contributed by atoms with Gasteiger partial charge in [-0.1, -0.05) is 6.07 Å². The number of hydrogen-bond acceptors (Lipinski definition) is 4. The average Bonchev–Trinajstić information content (AvgIpc) is 2.49. The maximum atomic E-state index is 12.0. The summed E-state index contributed by atoms with van der Waals surface area (Å²) in [6, 6.07) is 8.91. The van der Waals surface area contributed by atoms with Gasteiger partial charge in [0, 0.05) is 23.1 Å². The second-order valence-corrected chi connectivity index (χ2v) is 4.72. The fraction of sp³-hybridized carbons (Fsp3) is 0.250. The number of ether oxygens (including phenoxy) is 1. The van der Waals surface area contributed by atoms with Crippen molar-refractivity contribution in [2.75, 3.05) is 12.4 Å². The van der Waals surface area contributed by atoms with E-state index in [2.05, 4.69) is 10.3 Å². The van der Waals surface area contributed by atoms with Gasteiger partial charge in [-0.25, -0.2) is 0 Å². The Labute approximate surface area is 123 Å². The van der Waals surface area contributed by atoms with E-state index in [0.29, 0.717) is 17.0 Å². The Morgan fingerprint density at radius 1 is 1.33 bits per heavy atom. The van der Waals surface area contributed by atoms with Gasteiger partial charge in [0.05, 0.1) is 20.1 Å². The molecule has 5 heteroatoms. The van der Waals surface area contributed by atoms with E-state index in [-0.39, 0.29) is 18.9 Å². The number of nitrogens with one attached hydrogen (secondary N) is 1. The third-order valence-corrected chi connectivity index (χ3v) is 3.07. The van der Waals surface area contributed by atoms with Crippen LogP contribution in [-0.4, -0.2) is 23.1 Å². The number of anilines is 1. The number of hydrogen-bond donors (Lipinski definition) is 2. The molecule has 1 aromatic carbocycles. The molecule has 1 heterocycles. The number of aliphatic hydroxyl groups excluding tert-OH is 1. The summed E-state index contributed by atoms with van der Waals surface area (Å²) < 4.78 is 5.12. The minimum Gasteiger partial charge on any atom is -0.496 e. The van der Waals surface area contributed by atoms with Crippen LogP contribution in [0.4, 0.5) is 5.69 Å².